The number of hydrogen-bond donors (Lipinski definition) is 1. The van der Waals surface area contributed by atoms with Gasteiger partial charge in [-0.25, -0.2) is 0 Å². The zero-order valence-corrected chi connectivity index (χ0v) is 12.2. The Morgan fingerprint density at radius 1 is 1.21 bits per heavy atom. The molecule has 0 spiro atoms. The fraction of sp³-hybridized carbons (Fsp3) is 0.929. The Kier molecular flexibility index (Phi) is 5.19. The fourth-order valence-corrected chi connectivity index (χ4v) is 2.96. The van der Waals surface area contributed by atoms with Gasteiger partial charge in [0.2, 0.25) is 5.91 Å². The maximum Gasteiger partial charge on any atom is 0.236 e. The number of amides is 1. The molecule has 0 aromatic heterocycles. The van der Waals surface area contributed by atoms with Crippen molar-refractivity contribution < 1.29 is 9.90 Å². The molecule has 0 aromatic rings. The van der Waals surface area contributed by atoms with Crippen molar-refractivity contribution in [2.24, 2.45) is 5.92 Å². The highest BCUT2D eigenvalue weighted by atomic mass is 16.3. The molecular weight excluding hydrogens is 242 g/mol. The SMILES string of the molecule is CC1CCC(CO)CN1CC(=O)N1CCN(C)CC1. The number of aliphatic hydroxyl groups is 1. The monoisotopic (exact) mass is 269 g/mol. The van der Waals surface area contributed by atoms with Crippen molar-refractivity contribution in [3.63, 3.8) is 0 Å². The van der Waals surface area contributed by atoms with Gasteiger partial charge in [-0.15, -0.1) is 0 Å². The van der Waals surface area contributed by atoms with Crippen molar-refractivity contribution in [3.05, 3.63) is 0 Å². The van der Waals surface area contributed by atoms with E-state index in [-0.39, 0.29) is 12.5 Å². The van der Waals surface area contributed by atoms with Gasteiger partial charge in [0.1, 0.15) is 0 Å². The van der Waals surface area contributed by atoms with Crippen LogP contribution in [-0.2, 0) is 4.79 Å². The van der Waals surface area contributed by atoms with Crippen LogP contribution in [0.1, 0.15) is 19.8 Å². The van der Waals surface area contributed by atoms with Gasteiger partial charge in [-0.3, -0.25) is 9.69 Å². The number of piperazine rings is 1. The molecule has 2 fully saturated rings. The number of likely N-dealkylation sites (tertiary alicyclic amines) is 1. The number of carbonyl (C=O) groups excluding carboxylic acids is 1. The first-order valence-electron chi connectivity index (χ1n) is 7.41. The van der Waals surface area contributed by atoms with Crippen LogP contribution in [0, 0.1) is 5.92 Å². The largest absolute Gasteiger partial charge is 0.396 e. The zero-order valence-electron chi connectivity index (χ0n) is 12.2. The molecule has 0 radical (unpaired) electrons. The molecule has 2 atom stereocenters. The molecule has 5 nitrogen and oxygen atoms in total. The smallest absolute Gasteiger partial charge is 0.236 e. The van der Waals surface area contributed by atoms with Gasteiger partial charge in [-0.1, -0.05) is 0 Å². The molecule has 110 valence electrons. The topological polar surface area (TPSA) is 47.0 Å². The van der Waals surface area contributed by atoms with Crippen molar-refractivity contribution in [3.8, 4) is 0 Å². The Bertz CT molecular complexity index is 303. The average molecular weight is 269 g/mol. The minimum Gasteiger partial charge on any atom is -0.396 e. The summed E-state index contributed by atoms with van der Waals surface area (Å²) in [6, 6.07) is 0.458. The zero-order chi connectivity index (χ0) is 13.8. The Labute approximate surface area is 116 Å². The Hall–Kier alpha value is -0.650. The maximum absolute atomic E-state index is 12.3. The molecule has 5 heteroatoms. The summed E-state index contributed by atoms with van der Waals surface area (Å²) in [6.07, 6.45) is 2.16. The van der Waals surface area contributed by atoms with E-state index in [1.165, 1.54) is 0 Å². The summed E-state index contributed by atoms with van der Waals surface area (Å²) >= 11 is 0. The normalized spacial score (nSPS) is 30.6. The quantitative estimate of drug-likeness (QED) is 0.774. The second-order valence-corrected chi connectivity index (χ2v) is 6.09. The summed E-state index contributed by atoms with van der Waals surface area (Å²) in [4.78, 5) is 18.8. The molecule has 0 aliphatic carbocycles. The van der Waals surface area contributed by atoms with Crippen molar-refractivity contribution >= 4 is 5.91 Å². The van der Waals surface area contributed by atoms with E-state index in [0.717, 1.165) is 45.6 Å². The van der Waals surface area contributed by atoms with Crippen LogP contribution in [0.15, 0.2) is 0 Å². The number of aliphatic hydroxyl groups excluding tert-OH is 1. The van der Waals surface area contributed by atoms with Crippen LogP contribution in [-0.4, -0.2) is 84.7 Å². The minimum atomic E-state index is 0.242. The van der Waals surface area contributed by atoms with Crippen LogP contribution in [0.2, 0.25) is 0 Å². The van der Waals surface area contributed by atoms with Gasteiger partial charge in [-0.05, 0) is 32.7 Å². The number of rotatable bonds is 3. The van der Waals surface area contributed by atoms with E-state index >= 15 is 0 Å². The van der Waals surface area contributed by atoms with Crippen molar-refractivity contribution in [1.82, 2.24) is 14.7 Å². The molecule has 19 heavy (non-hydrogen) atoms. The lowest BCUT2D eigenvalue weighted by Gasteiger charge is -2.39. The predicted molar refractivity (Wildman–Crippen MR) is 74.9 cm³/mol. The Morgan fingerprint density at radius 3 is 2.53 bits per heavy atom. The molecule has 0 aromatic carbocycles. The lowest BCUT2D eigenvalue weighted by molar-refractivity contribution is -0.135. The van der Waals surface area contributed by atoms with E-state index in [1.807, 2.05) is 4.90 Å². The third kappa shape index (κ3) is 3.91. The Morgan fingerprint density at radius 2 is 1.89 bits per heavy atom. The highest BCUT2D eigenvalue weighted by molar-refractivity contribution is 5.78. The molecule has 0 saturated carbocycles. The molecular formula is C14H27N3O2. The summed E-state index contributed by atoms with van der Waals surface area (Å²) in [5.74, 6) is 0.593. The third-order valence-corrected chi connectivity index (χ3v) is 4.56. The molecule has 2 unspecified atom stereocenters. The third-order valence-electron chi connectivity index (χ3n) is 4.56. The van der Waals surface area contributed by atoms with Gasteiger partial charge in [0.25, 0.3) is 0 Å². The van der Waals surface area contributed by atoms with E-state index in [9.17, 15) is 9.90 Å². The summed E-state index contributed by atoms with van der Waals surface area (Å²) < 4.78 is 0. The van der Waals surface area contributed by atoms with Crippen LogP contribution in [0.5, 0.6) is 0 Å². The van der Waals surface area contributed by atoms with Crippen molar-refractivity contribution in [2.45, 2.75) is 25.8 Å². The molecule has 0 bridgehead atoms. The molecule has 2 saturated heterocycles. The van der Waals surface area contributed by atoms with Gasteiger partial charge in [-0.2, -0.15) is 0 Å². The highest BCUT2D eigenvalue weighted by Crippen LogP contribution is 2.21. The predicted octanol–water partition coefficient (Wildman–Crippen LogP) is -0.147. The van der Waals surface area contributed by atoms with Crippen LogP contribution < -0.4 is 0 Å². The van der Waals surface area contributed by atoms with Gasteiger partial charge >= 0.3 is 0 Å². The lowest BCUT2D eigenvalue weighted by Crippen LogP contribution is -2.52. The first-order chi connectivity index (χ1) is 9.10. The summed E-state index contributed by atoms with van der Waals surface area (Å²) in [5, 5.41) is 9.28. The summed E-state index contributed by atoms with van der Waals surface area (Å²) in [5.41, 5.74) is 0. The van der Waals surface area contributed by atoms with Gasteiger partial charge in [0.05, 0.1) is 6.54 Å². The van der Waals surface area contributed by atoms with Crippen molar-refractivity contribution in [2.75, 3.05) is 52.9 Å². The first kappa shape index (κ1) is 14.8. The van der Waals surface area contributed by atoms with Crippen LogP contribution in [0.25, 0.3) is 0 Å². The second kappa shape index (κ2) is 6.68. The number of carbonyl (C=O) groups is 1. The average Bonchev–Trinajstić information content (AvgIpc) is 2.42. The van der Waals surface area contributed by atoms with E-state index in [0.29, 0.717) is 18.5 Å². The first-order valence-corrected chi connectivity index (χ1v) is 7.41. The van der Waals surface area contributed by atoms with Gasteiger partial charge < -0.3 is 14.9 Å². The molecule has 1 N–H and O–H groups in total. The molecule has 2 rings (SSSR count). The second-order valence-electron chi connectivity index (χ2n) is 6.09. The van der Waals surface area contributed by atoms with Gasteiger partial charge in [0, 0.05) is 45.4 Å². The maximum atomic E-state index is 12.3. The number of likely N-dealkylation sites (N-methyl/N-ethyl adjacent to an activating group) is 1. The highest BCUT2D eigenvalue weighted by Gasteiger charge is 2.28. The number of nitrogens with zero attached hydrogens (tertiary/aromatic N) is 3. The molecule has 1 amide bonds. The lowest BCUT2D eigenvalue weighted by atomic mass is 9.94. The number of hydrogen-bond acceptors (Lipinski definition) is 4. The molecule has 2 heterocycles. The van der Waals surface area contributed by atoms with Crippen LogP contribution >= 0.6 is 0 Å². The summed E-state index contributed by atoms with van der Waals surface area (Å²) in [6.45, 7) is 7.44. The summed E-state index contributed by atoms with van der Waals surface area (Å²) in [7, 11) is 2.10. The molecule has 2 aliphatic heterocycles. The van der Waals surface area contributed by atoms with Crippen LogP contribution in [0.4, 0.5) is 0 Å². The van der Waals surface area contributed by atoms with E-state index in [4.69, 9.17) is 0 Å². The minimum absolute atomic E-state index is 0.242. The van der Waals surface area contributed by atoms with E-state index in [2.05, 4.69) is 23.8 Å². The fourth-order valence-electron chi connectivity index (χ4n) is 2.96. The standard InChI is InChI=1S/C14H27N3O2/c1-12-3-4-13(11-18)9-17(12)10-14(19)16-7-5-15(2)6-8-16/h12-13,18H,3-11H2,1-2H3. The van der Waals surface area contributed by atoms with Gasteiger partial charge in [0.15, 0.2) is 0 Å². The Balaban J connectivity index is 1.83. The van der Waals surface area contributed by atoms with E-state index in [1.54, 1.807) is 0 Å². The van der Waals surface area contributed by atoms with E-state index < -0.39 is 0 Å². The van der Waals surface area contributed by atoms with Crippen molar-refractivity contribution in [1.29, 1.82) is 0 Å². The molecule has 2 aliphatic rings. The van der Waals surface area contributed by atoms with Crippen LogP contribution in [0.3, 0.4) is 0 Å². The number of piperidine rings is 1.